The zero-order valence-corrected chi connectivity index (χ0v) is 14.0. The number of carboxylic acids is 1. The van der Waals surface area contributed by atoms with E-state index in [-0.39, 0.29) is 24.6 Å². The Bertz CT molecular complexity index is 889. The number of aromatic nitrogens is 3. The molecular weight excluding hydrogens is 332 g/mol. The van der Waals surface area contributed by atoms with Gasteiger partial charge in [-0.05, 0) is 47.9 Å². The summed E-state index contributed by atoms with van der Waals surface area (Å²) in [5, 5.41) is 15.6. The molecule has 0 spiro atoms. The number of aryl methyl sites for hydroxylation is 1. The monoisotopic (exact) mass is 350 g/mol. The van der Waals surface area contributed by atoms with Gasteiger partial charge in [-0.2, -0.15) is 5.10 Å². The van der Waals surface area contributed by atoms with Crippen molar-refractivity contribution < 1.29 is 14.7 Å². The molecule has 0 saturated heterocycles. The smallest absolute Gasteiger partial charge is 0.305 e. The molecule has 0 aliphatic carbocycles. The average Bonchev–Trinajstić information content (AvgIpc) is 3.12. The van der Waals surface area contributed by atoms with Gasteiger partial charge in [-0.1, -0.05) is 12.1 Å². The molecule has 0 fully saturated rings. The average molecular weight is 350 g/mol. The maximum absolute atomic E-state index is 12.2. The Labute approximate surface area is 150 Å². The molecule has 7 heteroatoms. The van der Waals surface area contributed by atoms with Gasteiger partial charge in [0, 0.05) is 24.3 Å². The van der Waals surface area contributed by atoms with Gasteiger partial charge in [-0.25, -0.2) is 0 Å². The van der Waals surface area contributed by atoms with Crippen molar-refractivity contribution in [1.82, 2.24) is 14.8 Å². The van der Waals surface area contributed by atoms with Crippen LogP contribution in [-0.2, 0) is 17.8 Å². The quantitative estimate of drug-likeness (QED) is 0.683. The van der Waals surface area contributed by atoms with Crippen LogP contribution in [0.25, 0.3) is 0 Å². The van der Waals surface area contributed by atoms with Crippen LogP contribution < -0.4 is 5.32 Å². The van der Waals surface area contributed by atoms with E-state index in [1.807, 2.05) is 36.4 Å². The largest absolute Gasteiger partial charge is 0.481 e. The highest BCUT2D eigenvalue weighted by Crippen LogP contribution is 2.14. The highest BCUT2D eigenvalue weighted by atomic mass is 16.4. The molecule has 26 heavy (non-hydrogen) atoms. The Balaban J connectivity index is 1.58. The number of anilines is 1. The van der Waals surface area contributed by atoms with Crippen molar-refractivity contribution in [3.63, 3.8) is 0 Å². The predicted octanol–water partition coefficient (Wildman–Crippen LogP) is 2.60. The minimum Gasteiger partial charge on any atom is -0.481 e. The van der Waals surface area contributed by atoms with Crippen molar-refractivity contribution in [2.45, 2.75) is 19.4 Å². The lowest BCUT2D eigenvalue weighted by atomic mass is 10.1. The first-order chi connectivity index (χ1) is 12.6. The van der Waals surface area contributed by atoms with Crippen molar-refractivity contribution in [2.24, 2.45) is 0 Å². The summed E-state index contributed by atoms with van der Waals surface area (Å²) < 4.78 is 1.45. The third-order valence-corrected chi connectivity index (χ3v) is 3.80. The van der Waals surface area contributed by atoms with Gasteiger partial charge in [0.15, 0.2) is 5.69 Å². The first kappa shape index (κ1) is 17.3. The summed E-state index contributed by atoms with van der Waals surface area (Å²) in [6, 6.07) is 13.1. The van der Waals surface area contributed by atoms with Gasteiger partial charge in [0.05, 0.1) is 13.0 Å². The molecule has 0 saturated carbocycles. The second-order valence-corrected chi connectivity index (χ2v) is 5.79. The van der Waals surface area contributed by atoms with Gasteiger partial charge >= 0.3 is 5.97 Å². The fraction of sp³-hybridized carbons (Fsp3) is 0.158. The number of hydrogen-bond donors (Lipinski definition) is 2. The topological polar surface area (TPSA) is 97.1 Å². The number of rotatable bonds is 7. The van der Waals surface area contributed by atoms with Gasteiger partial charge in [-0.15, -0.1) is 0 Å². The van der Waals surface area contributed by atoms with Crippen molar-refractivity contribution >= 4 is 17.6 Å². The Hall–Kier alpha value is -3.48. The molecule has 0 aliphatic rings. The zero-order chi connectivity index (χ0) is 18.4. The van der Waals surface area contributed by atoms with Crippen molar-refractivity contribution in [1.29, 1.82) is 0 Å². The molecule has 1 aromatic carbocycles. The van der Waals surface area contributed by atoms with Crippen LogP contribution in [0.2, 0.25) is 0 Å². The van der Waals surface area contributed by atoms with Crippen LogP contribution in [0.4, 0.5) is 5.69 Å². The molecule has 0 aliphatic heterocycles. The zero-order valence-electron chi connectivity index (χ0n) is 14.0. The summed E-state index contributed by atoms with van der Waals surface area (Å²) >= 11 is 0. The SMILES string of the molecule is O=C(O)CCn1ccc(C(=O)Nc2ccc(Cc3ccncc3)cc2)n1. The van der Waals surface area contributed by atoms with Crippen LogP contribution >= 0.6 is 0 Å². The summed E-state index contributed by atoms with van der Waals surface area (Å²) in [5.41, 5.74) is 3.22. The third-order valence-electron chi connectivity index (χ3n) is 3.80. The third kappa shape index (κ3) is 4.76. The summed E-state index contributed by atoms with van der Waals surface area (Å²) in [7, 11) is 0. The number of carbonyl (C=O) groups excluding carboxylic acids is 1. The fourth-order valence-corrected chi connectivity index (χ4v) is 2.45. The number of nitrogens with zero attached hydrogens (tertiary/aromatic N) is 3. The number of carbonyl (C=O) groups is 2. The second kappa shape index (κ2) is 8.06. The number of hydrogen-bond acceptors (Lipinski definition) is 4. The number of carboxylic acid groups (broad SMARTS) is 1. The number of pyridine rings is 1. The van der Waals surface area contributed by atoms with Crippen LogP contribution in [0.15, 0.2) is 61.1 Å². The molecule has 0 bridgehead atoms. The van der Waals surface area contributed by atoms with Crippen LogP contribution in [-0.4, -0.2) is 31.7 Å². The minimum atomic E-state index is -0.904. The van der Waals surface area contributed by atoms with E-state index in [4.69, 9.17) is 5.11 Å². The molecule has 3 aromatic rings. The summed E-state index contributed by atoms with van der Waals surface area (Å²) in [6.07, 6.45) is 5.88. The normalized spacial score (nSPS) is 10.5. The van der Waals surface area contributed by atoms with Crippen molar-refractivity contribution in [2.75, 3.05) is 5.32 Å². The van der Waals surface area contributed by atoms with E-state index in [1.54, 1.807) is 24.7 Å². The number of benzene rings is 1. The maximum atomic E-state index is 12.2. The van der Waals surface area contributed by atoms with Gasteiger partial charge in [0.25, 0.3) is 5.91 Å². The molecule has 3 rings (SSSR count). The summed E-state index contributed by atoms with van der Waals surface area (Å²) in [5.74, 6) is -1.24. The highest BCUT2D eigenvalue weighted by molar-refractivity contribution is 6.02. The molecule has 132 valence electrons. The van der Waals surface area contributed by atoms with Gasteiger partial charge in [0.2, 0.25) is 0 Å². The van der Waals surface area contributed by atoms with Gasteiger partial charge in [-0.3, -0.25) is 19.3 Å². The van der Waals surface area contributed by atoms with Crippen LogP contribution in [0.5, 0.6) is 0 Å². The number of aliphatic carboxylic acids is 1. The van der Waals surface area contributed by atoms with E-state index in [1.165, 1.54) is 10.2 Å². The van der Waals surface area contributed by atoms with Gasteiger partial charge in [0.1, 0.15) is 0 Å². The molecule has 2 aromatic heterocycles. The molecule has 2 N–H and O–H groups in total. The number of nitrogens with one attached hydrogen (secondary N) is 1. The standard InChI is InChI=1S/C19H18N4O3/c24-18(25)8-12-23-11-7-17(22-23)19(26)21-16-3-1-14(2-4-16)13-15-5-9-20-10-6-15/h1-7,9-11H,8,12-13H2,(H,21,26)(H,24,25). The Kier molecular flexibility index (Phi) is 5.38. The van der Waals surface area contributed by atoms with Crippen LogP contribution in [0.1, 0.15) is 28.0 Å². The highest BCUT2D eigenvalue weighted by Gasteiger charge is 2.10. The minimum absolute atomic E-state index is 0.0400. The maximum Gasteiger partial charge on any atom is 0.305 e. The molecule has 1 amide bonds. The molecule has 0 atom stereocenters. The van der Waals surface area contributed by atoms with Gasteiger partial charge < -0.3 is 10.4 Å². The van der Waals surface area contributed by atoms with E-state index >= 15 is 0 Å². The Morgan fingerprint density at radius 2 is 1.69 bits per heavy atom. The number of amides is 1. The van der Waals surface area contributed by atoms with E-state index < -0.39 is 5.97 Å². The molecule has 7 nitrogen and oxygen atoms in total. The first-order valence-electron chi connectivity index (χ1n) is 8.14. The van der Waals surface area contributed by atoms with Crippen LogP contribution in [0, 0.1) is 0 Å². The lowest BCUT2D eigenvalue weighted by Crippen LogP contribution is -2.14. The van der Waals surface area contributed by atoms with Crippen molar-refractivity contribution in [3.05, 3.63) is 77.9 Å². The first-order valence-corrected chi connectivity index (χ1v) is 8.14. The molecule has 0 unspecified atom stereocenters. The molecule has 0 radical (unpaired) electrons. The predicted molar refractivity (Wildman–Crippen MR) is 95.9 cm³/mol. The Morgan fingerprint density at radius 1 is 1.00 bits per heavy atom. The summed E-state index contributed by atoms with van der Waals surface area (Å²) in [4.78, 5) is 26.8. The Morgan fingerprint density at radius 3 is 2.38 bits per heavy atom. The van der Waals surface area contributed by atoms with Crippen molar-refractivity contribution in [3.8, 4) is 0 Å². The molecule has 2 heterocycles. The van der Waals surface area contributed by atoms with E-state index in [2.05, 4.69) is 15.4 Å². The van der Waals surface area contributed by atoms with E-state index in [0.717, 1.165) is 12.0 Å². The lowest BCUT2D eigenvalue weighted by molar-refractivity contribution is -0.137. The van der Waals surface area contributed by atoms with Crippen LogP contribution in [0.3, 0.4) is 0 Å². The second-order valence-electron chi connectivity index (χ2n) is 5.79. The summed E-state index contributed by atoms with van der Waals surface area (Å²) in [6.45, 7) is 0.228. The lowest BCUT2D eigenvalue weighted by Gasteiger charge is -2.06. The van der Waals surface area contributed by atoms with E-state index in [0.29, 0.717) is 5.69 Å². The fourth-order valence-electron chi connectivity index (χ4n) is 2.45. The molecular formula is C19H18N4O3. The van der Waals surface area contributed by atoms with E-state index in [9.17, 15) is 9.59 Å².